The Balaban J connectivity index is 0.00000110. The van der Waals surface area contributed by atoms with Crippen LogP contribution >= 0.6 is 0 Å². The second kappa shape index (κ2) is 11.8. The number of carbonyl (C=O) groups excluding carboxylic acids is 1. The number of halogens is 1. The van der Waals surface area contributed by atoms with Crippen molar-refractivity contribution in [2.45, 2.75) is 39.3 Å². The van der Waals surface area contributed by atoms with E-state index < -0.39 is 6.67 Å². The fourth-order valence-corrected chi connectivity index (χ4v) is 5.14. The summed E-state index contributed by atoms with van der Waals surface area (Å²) in [6.45, 7) is 3.87. The average Bonchev–Trinajstić information content (AvgIpc) is 3.68. The molecule has 2 aromatic carbocycles. The van der Waals surface area contributed by atoms with E-state index in [2.05, 4.69) is 4.98 Å². The molecule has 1 aliphatic heterocycles. The average molecular weight is 551 g/mol. The van der Waals surface area contributed by atoms with Crippen molar-refractivity contribution in [2.24, 2.45) is 0 Å². The Labute approximate surface area is 232 Å². The van der Waals surface area contributed by atoms with Crippen LogP contribution in [0.25, 0.3) is 33.4 Å². The zero-order valence-corrected chi connectivity index (χ0v) is 22.9. The van der Waals surface area contributed by atoms with Crippen LogP contribution in [0.4, 0.5) is 4.39 Å². The number of carbonyl (C=O) groups is 1. The summed E-state index contributed by atoms with van der Waals surface area (Å²) in [5.41, 5.74) is 4.88. The van der Waals surface area contributed by atoms with Gasteiger partial charge in [-0.05, 0) is 48.7 Å². The normalized spacial score (nSPS) is 14.8. The first kappa shape index (κ1) is 27.4. The monoisotopic (exact) mass is 550 g/mol. The molecule has 0 spiro atoms. The SMILES string of the molecule is CC.O=C(Cn1c(=O)n(-c2ccc(-c3cccn4cncc34)cc2)c2ccccc21)N1CCCC1CF.[V]. The maximum atomic E-state index is 13.6. The van der Waals surface area contributed by atoms with Crippen LogP contribution in [-0.2, 0) is 29.9 Å². The van der Waals surface area contributed by atoms with E-state index in [0.717, 1.165) is 28.6 Å². The number of nitrogens with zero attached hydrogens (tertiary/aromatic N) is 5. The summed E-state index contributed by atoms with van der Waals surface area (Å²) < 4.78 is 18.4. The van der Waals surface area contributed by atoms with Gasteiger partial charge in [0.1, 0.15) is 13.2 Å². The van der Waals surface area contributed by atoms with Gasteiger partial charge in [-0.1, -0.05) is 44.2 Å². The minimum atomic E-state index is -0.554. The van der Waals surface area contributed by atoms with Crippen LogP contribution in [0.5, 0.6) is 0 Å². The van der Waals surface area contributed by atoms with E-state index in [1.165, 1.54) is 4.57 Å². The number of hydrogen-bond donors (Lipinski definition) is 0. The van der Waals surface area contributed by atoms with Gasteiger partial charge >= 0.3 is 5.69 Å². The molecule has 1 atom stereocenters. The Morgan fingerprint density at radius 2 is 1.74 bits per heavy atom. The number of amides is 1. The topological polar surface area (TPSA) is 64.5 Å². The molecule has 1 radical (unpaired) electrons. The van der Waals surface area contributed by atoms with Crippen molar-refractivity contribution in [3.63, 3.8) is 0 Å². The summed E-state index contributed by atoms with van der Waals surface area (Å²) in [5.74, 6) is -0.223. The number of aromatic nitrogens is 4. The first-order chi connectivity index (χ1) is 18.2. The maximum absolute atomic E-state index is 13.6. The van der Waals surface area contributed by atoms with E-state index in [0.29, 0.717) is 24.2 Å². The third-order valence-electron chi connectivity index (χ3n) is 6.89. The smallest absolute Gasteiger partial charge is 0.334 e. The number of alkyl halides is 1. The van der Waals surface area contributed by atoms with Gasteiger partial charge in [0, 0.05) is 36.9 Å². The Kier molecular flexibility index (Phi) is 8.54. The molecular weight excluding hydrogens is 520 g/mol. The Morgan fingerprint density at radius 3 is 2.47 bits per heavy atom. The quantitative estimate of drug-likeness (QED) is 0.306. The van der Waals surface area contributed by atoms with Crippen LogP contribution < -0.4 is 5.69 Å². The predicted octanol–water partition coefficient (Wildman–Crippen LogP) is 5.09. The molecule has 195 valence electrons. The van der Waals surface area contributed by atoms with Crippen LogP contribution in [0, 0.1) is 0 Å². The third kappa shape index (κ3) is 4.82. The summed E-state index contributed by atoms with van der Waals surface area (Å²) in [4.78, 5) is 32.4. The second-order valence-corrected chi connectivity index (χ2v) is 8.89. The standard InChI is InChI=1S/C27H24FN5O2.C2H6.V/c28-15-21-5-3-14-31(21)26(34)17-32-23-7-1-2-8-24(23)33(27(32)35)20-11-9-19(10-12-20)22-6-4-13-30-18-29-16-25(22)30;1-2;/h1-2,4,6-13,16,18,21H,3,5,14-15,17H2;1-2H3;. The van der Waals surface area contributed by atoms with Crippen molar-refractivity contribution in [1.82, 2.24) is 23.4 Å². The molecule has 7 nitrogen and oxygen atoms in total. The van der Waals surface area contributed by atoms with Gasteiger partial charge in [0.15, 0.2) is 0 Å². The number of imidazole rings is 2. The number of hydrogen-bond acceptors (Lipinski definition) is 3. The van der Waals surface area contributed by atoms with Crippen LogP contribution in [0.15, 0.2) is 84.2 Å². The van der Waals surface area contributed by atoms with E-state index in [-0.39, 0.29) is 42.7 Å². The molecule has 6 rings (SSSR count). The van der Waals surface area contributed by atoms with Gasteiger partial charge in [0.25, 0.3) is 0 Å². The summed E-state index contributed by atoms with van der Waals surface area (Å²) >= 11 is 0. The molecule has 9 heteroatoms. The van der Waals surface area contributed by atoms with E-state index in [9.17, 15) is 14.0 Å². The molecule has 4 heterocycles. The fraction of sp³-hybridized carbons (Fsp3) is 0.276. The van der Waals surface area contributed by atoms with Crippen LogP contribution in [0.3, 0.4) is 0 Å². The minimum absolute atomic E-state index is 0. The molecular formula is C29H30FN5O2V. The van der Waals surface area contributed by atoms with Crippen molar-refractivity contribution in [1.29, 1.82) is 0 Å². The van der Waals surface area contributed by atoms with E-state index >= 15 is 0 Å². The van der Waals surface area contributed by atoms with Crippen molar-refractivity contribution in [2.75, 3.05) is 13.2 Å². The molecule has 38 heavy (non-hydrogen) atoms. The van der Waals surface area contributed by atoms with E-state index in [4.69, 9.17) is 0 Å². The zero-order valence-electron chi connectivity index (χ0n) is 21.5. The predicted molar refractivity (Wildman–Crippen MR) is 144 cm³/mol. The van der Waals surface area contributed by atoms with Gasteiger partial charge in [0.2, 0.25) is 5.91 Å². The van der Waals surface area contributed by atoms with Crippen LogP contribution in [0.2, 0.25) is 0 Å². The van der Waals surface area contributed by atoms with Gasteiger partial charge in [-0.3, -0.25) is 13.9 Å². The Morgan fingerprint density at radius 1 is 1.00 bits per heavy atom. The summed E-state index contributed by atoms with van der Waals surface area (Å²) in [5, 5.41) is 0. The fourth-order valence-electron chi connectivity index (χ4n) is 5.14. The van der Waals surface area contributed by atoms with Gasteiger partial charge in [-0.2, -0.15) is 0 Å². The van der Waals surface area contributed by atoms with Gasteiger partial charge < -0.3 is 9.30 Å². The number of benzene rings is 2. The zero-order chi connectivity index (χ0) is 25.9. The maximum Gasteiger partial charge on any atom is 0.334 e. The summed E-state index contributed by atoms with van der Waals surface area (Å²) in [6.07, 6.45) is 7.00. The Bertz CT molecular complexity index is 1610. The third-order valence-corrected chi connectivity index (χ3v) is 6.89. The number of fused-ring (bicyclic) bond motifs is 2. The number of para-hydroxylation sites is 2. The van der Waals surface area contributed by atoms with Crippen LogP contribution in [-0.4, -0.2) is 48.6 Å². The molecule has 1 fully saturated rings. The van der Waals surface area contributed by atoms with Crippen molar-refractivity contribution in [3.8, 4) is 16.8 Å². The molecule has 1 aliphatic rings. The molecule has 5 aromatic rings. The minimum Gasteiger partial charge on any atom is -0.336 e. The second-order valence-electron chi connectivity index (χ2n) is 8.89. The molecule has 1 saturated heterocycles. The number of pyridine rings is 1. The summed E-state index contributed by atoms with van der Waals surface area (Å²) in [7, 11) is 0. The molecule has 1 amide bonds. The summed E-state index contributed by atoms with van der Waals surface area (Å²) in [6, 6.07) is 18.9. The molecule has 1 unspecified atom stereocenters. The van der Waals surface area contributed by atoms with Crippen molar-refractivity contribution < 1.29 is 27.7 Å². The van der Waals surface area contributed by atoms with Gasteiger partial charge in [0.05, 0.1) is 40.8 Å². The van der Waals surface area contributed by atoms with Gasteiger partial charge in [-0.15, -0.1) is 0 Å². The first-order valence-electron chi connectivity index (χ1n) is 12.7. The molecule has 0 N–H and O–H groups in total. The molecule has 3 aromatic heterocycles. The molecule has 0 saturated carbocycles. The number of rotatable bonds is 5. The largest absolute Gasteiger partial charge is 0.336 e. The van der Waals surface area contributed by atoms with E-state index in [1.54, 1.807) is 15.8 Å². The Hall–Kier alpha value is -3.62. The molecule has 0 aliphatic carbocycles. The van der Waals surface area contributed by atoms with Crippen molar-refractivity contribution >= 4 is 22.5 Å². The van der Waals surface area contributed by atoms with Gasteiger partial charge in [-0.25, -0.2) is 14.2 Å². The number of likely N-dealkylation sites (tertiary alicyclic amines) is 1. The van der Waals surface area contributed by atoms with E-state index in [1.807, 2.05) is 91.3 Å². The first-order valence-corrected chi connectivity index (χ1v) is 12.7. The van der Waals surface area contributed by atoms with Crippen LogP contribution in [0.1, 0.15) is 26.7 Å². The van der Waals surface area contributed by atoms with Crippen molar-refractivity contribution in [3.05, 3.63) is 89.9 Å². The molecule has 0 bridgehead atoms.